The highest BCUT2D eigenvalue weighted by Gasteiger charge is 2.75. The third-order valence-electron chi connectivity index (χ3n) is 8.13. The van der Waals surface area contributed by atoms with Crippen molar-refractivity contribution in [2.45, 2.75) is 63.2 Å². The van der Waals surface area contributed by atoms with E-state index in [9.17, 15) is 4.79 Å². The topological polar surface area (TPSA) is 43.1 Å². The number of hydrogen-bond donors (Lipinski definition) is 1. The molecule has 1 heterocycles. The highest BCUT2D eigenvalue weighted by molar-refractivity contribution is 7.79. The van der Waals surface area contributed by atoms with Crippen molar-refractivity contribution in [1.82, 2.24) is 0 Å². The first-order chi connectivity index (χ1) is 10.9. The van der Waals surface area contributed by atoms with Gasteiger partial charge in [0.25, 0.3) is 0 Å². The normalized spacial score (nSPS) is 25.6. The van der Waals surface area contributed by atoms with E-state index in [-0.39, 0.29) is 5.91 Å². The standard InChI is InChI=1S/C19H31NOSi3/c1-19(17(20)21,16-13-9-11-14-10-8-12-15(14)16)18-22(2,3)24(6,7)23(18,4)5/h8-9,11-13,18H,10H2,1-7H3,(H2,20,21). The fourth-order valence-corrected chi connectivity index (χ4v) is 57.4. The quantitative estimate of drug-likeness (QED) is 0.793. The van der Waals surface area contributed by atoms with Gasteiger partial charge < -0.3 is 5.73 Å². The molecule has 3 rings (SSSR count). The Labute approximate surface area is 149 Å². The number of allylic oxidation sites excluding steroid dienone is 1. The van der Waals surface area contributed by atoms with Gasteiger partial charge in [-0.25, -0.2) is 0 Å². The molecule has 0 bridgehead atoms. The number of hydrogen-bond acceptors (Lipinski definition) is 1. The average molecular weight is 374 g/mol. The van der Waals surface area contributed by atoms with Gasteiger partial charge in [0.2, 0.25) is 5.91 Å². The van der Waals surface area contributed by atoms with E-state index in [0.29, 0.717) is 5.16 Å². The number of carbonyl (C=O) groups excluding carboxylic acids is 1. The molecule has 1 unspecified atom stereocenters. The van der Waals surface area contributed by atoms with E-state index in [0.717, 1.165) is 6.42 Å². The van der Waals surface area contributed by atoms with Crippen LogP contribution in [0.1, 0.15) is 23.6 Å². The summed E-state index contributed by atoms with van der Waals surface area (Å²) in [7, 11) is -4.19. The maximum atomic E-state index is 12.9. The van der Waals surface area contributed by atoms with Gasteiger partial charge in [-0.1, -0.05) is 69.6 Å². The van der Waals surface area contributed by atoms with Gasteiger partial charge in [0.15, 0.2) is 0 Å². The summed E-state index contributed by atoms with van der Waals surface area (Å²) in [5.41, 5.74) is 9.41. The Balaban J connectivity index is 2.24. The lowest BCUT2D eigenvalue weighted by Gasteiger charge is -2.71. The van der Waals surface area contributed by atoms with Crippen LogP contribution in [-0.2, 0) is 16.6 Å². The SMILES string of the molecule is CC(C(N)=O)(c1cccc2c1C=CC2)C1[Si](C)(C)[Si](C)(C)[Si]1(C)C. The highest BCUT2D eigenvalue weighted by atomic mass is 29.7. The van der Waals surface area contributed by atoms with Gasteiger partial charge in [0, 0.05) is 22.3 Å². The Bertz CT molecular complexity index is 733. The molecule has 130 valence electrons. The molecule has 2 nitrogen and oxygen atoms in total. The van der Waals surface area contributed by atoms with Crippen LogP contribution in [0.15, 0.2) is 24.3 Å². The third kappa shape index (κ3) is 1.89. The van der Waals surface area contributed by atoms with Crippen molar-refractivity contribution in [2.75, 3.05) is 0 Å². The molecule has 1 aromatic carbocycles. The first-order valence-electron chi connectivity index (χ1n) is 8.99. The van der Waals surface area contributed by atoms with E-state index in [2.05, 4.69) is 76.6 Å². The maximum Gasteiger partial charge on any atom is 0.227 e. The second-order valence-corrected chi connectivity index (χ2v) is 38.2. The lowest BCUT2D eigenvalue weighted by atomic mass is 9.79. The highest BCUT2D eigenvalue weighted by Crippen LogP contribution is 2.62. The van der Waals surface area contributed by atoms with E-state index in [4.69, 9.17) is 5.73 Å². The van der Waals surface area contributed by atoms with E-state index in [1.54, 1.807) is 0 Å². The van der Waals surface area contributed by atoms with Crippen molar-refractivity contribution in [3.05, 3.63) is 41.0 Å². The number of nitrogens with two attached hydrogens (primary N) is 1. The van der Waals surface area contributed by atoms with Gasteiger partial charge in [-0.15, -0.1) is 0 Å². The number of rotatable bonds is 3. The Morgan fingerprint density at radius 2 is 1.71 bits per heavy atom. The summed E-state index contributed by atoms with van der Waals surface area (Å²) in [6, 6.07) is 6.47. The van der Waals surface area contributed by atoms with Crippen molar-refractivity contribution >= 4 is 34.3 Å². The third-order valence-corrected chi connectivity index (χ3v) is 57.3. The van der Waals surface area contributed by atoms with Crippen molar-refractivity contribution in [3.8, 4) is 0 Å². The first-order valence-corrected chi connectivity index (χ1v) is 20.1. The van der Waals surface area contributed by atoms with Gasteiger partial charge >= 0.3 is 0 Å². The van der Waals surface area contributed by atoms with Crippen LogP contribution in [0.5, 0.6) is 0 Å². The number of benzene rings is 1. The molecule has 24 heavy (non-hydrogen) atoms. The van der Waals surface area contributed by atoms with Crippen LogP contribution in [0.2, 0.25) is 44.4 Å². The monoisotopic (exact) mass is 373 g/mol. The van der Waals surface area contributed by atoms with Crippen molar-refractivity contribution in [2.24, 2.45) is 5.73 Å². The molecule has 1 atom stereocenters. The summed E-state index contributed by atoms with van der Waals surface area (Å²) >= 11 is 0. The number of carbonyl (C=O) groups is 1. The van der Waals surface area contributed by atoms with Gasteiger partial charge in [-0.3, -0.25) is 4.79 Å². The zero-order chi connectivity index (χ0) is 18.1. The molecule has 1 aliphatic heterocycles. The Morgan fingerprint density at radius 1 is 1.12 bits per heavy atom. The van der Waals surface area contributed by atoms with E-state index < -0.39 is 27.7 Å². The minimum absolute atomic E-state index is 0.119. The average Bonchev–Trinajstić information content (AvgIpc) is 2.93. The van der Waals surface area contributed by atoms with E-state index in [1.165, 1.54) is 16.7 Å². The lowest BCUT2D eigenvalue weighted by Crippen LogP contribution is -2.90. The molecule has 0 saturated carbocycles. The molecule has 1 fully saturated rings. The lowest BCUT2D eigenvalue weighted by molar-refractivity contribution is -0.122. The number of fused-ring (bicyclic) bond motifs is 1. The minimum atomic E-state index is -1.48. The minimum Gasteiger partial charge on any atom is -0.369 e. The van der Waals surface area contributed by atoms with Crippen LogP contribution in [0.4, 0.5) is 0 Å². The summed E-state index contributed by atoms with van der Waals surface area (Å²) in [5, 5.41) is 0.525. The Kier molecular flexibility index (Phi) is 3.76. The first kappa shape index (κ1) is 17.9. The Morgan fingerprint density at radius 3 is 2.25 bits per heavy atom. The molecule has 2 N–H and O–H groups in total. The molecule has 1 aliphatic carbocycles. The predicted octanol–water partition coefficient (Wildman–Crippen LogP) is 4.20. The van der Waals surface area contributed by atoms with Crippen LogP contribution >= 0.6 is 0 Å². The second-order valence-electron chi connectivity index (χ2n) is 9.55. The molecule has 0 radical (unpaired) electrons. The predicted molar refractivity (Wildman–Crippen MR) is 112 cm³/mol. The summed E-state index contributed by atoms with van der Waals surface area (Å²) in [5.74, 6) is -0.119. The smallest absolute Gasteiger partial charge is 0.227 e. The molecule has 1 aromatic rings. The van der Waals surface area contributed by atoms with Crippen LogP contribution in [-0.4, -0.2) is 28.2 Å². The van der Waals surface area contributed by atoms with Gasteiger partial charge in [0.1, 0.15) is 0 Å². The molecule has 2 aliphatic rings. The van der Waals surface area contributed by atoms with Crippen molar-refractivity contribution in [1.29, 1.82) is 0 Å². The van der Waals surface area contributed by atoms with Crippen LogP contribution in [0.3, 0.4) is 0 Å². The van der Waals surface area contributed by atoms with E-state index in [1.807, 2.05) is 0 Å². The zero-order valence-corrected chi connectivity index (χ0v) is 19.2. The fourth-order valence-electron chi connectivity index (χ4n) is 5.99. The molecule has 1 saturated heterocycles. The molecule has 1 amide bonds. The fraction of sp³-hybridized carbons (Fsp3) is 0.526. The molecule has 0 spiro atoms. The summed E-state index contributed by atoms with van der Waals surface area (Å²) in [6.45, 7) is 17.4. The van der Waals surface area contributed by atoms with Gasteiger partial charge in [-0.05, 0) is 35.2 Å². The van der Waals surface area contributed by atoms with Crippen molar-refractivity contribution in [3.63, 3.8) is 0 Å². The largest absolute Gasteiger partial charge is 0.369 e. The van der Waals surface area contributed by atoms with E-state index >= 15 is 0 Å². The summed E-state index contributed by atoms with van der Waals surface area (Å²) < 4.78 is 0. The van der Waals surface area contributed by atoms with Crippen LogP contribution in [0.25, 0.3) is 6.08 Å². The maximum absolute atomic E-state index is 12.9. The van der Waals surface area contributed by atoms with Gasteiger partial charge in [0.05, 0.1) is 5.41 Å². The zero-order valence-electron chi connectivity index (χ0n) is 16.2. The molecular formula is C19H31NOSi3. The molecular weight excluding hydrogens is 342 g/mol. The molecule has 5 heteroatoms. The van der Waals surface area contributed by atoms with Crippen molar-refractivity contribution < 1.29 is 4.79 Å². The number of primary amides is 1. The summed E-state index contributed by atoms with van der Waals surface area (Å²) in [6.07, 6.45) is 5.39. The Hall–Kier alpha value is -0.919. The second kappa shape index (κ2) is 5.05. The molecule has 0 aromatic heterocycles. The van der Waals surface area contributed by atoms with Crippen LogP contribution < -0.4 is 5.73 Å². The number of amides is 1. The summed E-state index contributed by atoms with van der Waals surface area (Å²) in [4.78, 5) is 12.9. The van der Waals surface area contributed by atoms with Gasteiger partial charge in [-0.2, -0.15) is 0 Å². The van der Waals surface area contributed by atoms with Crippen LogP contribution in [0, 0.1) is 0 Å².